The zero-order valence-electron chi connectivity index (χ0n) is 12.2. The lowest BCUT2D eigenvalue weighted by Gasteiger charge is -2.16. The number of carbonyl (C=O) groups excluding carboxylic acids is 3. The number of allylic oxidation sites excluding steroid dienone is 2. The molecular formula is C15H23NO4. The molecule has 0 saturated heterocycles. The molecule has 2 unspecified atom stereocenters. The lowest BCUT2D eigenvalue weighted by atomic mass is 9.89. The van der Waals surface area contributed by atoms with Crippen molar-refractivity contribution in [2.24, 2.45) is 11.8 Å². The molecule has 1 fully saturated rings. The summed E-state index contributed by atoms with van der Waals surface area (Å²) < 4.78 is 4.46. The molecular weight excluding hydrogens is 258 g/mol. The number of carbonyl (C=O) groups is 3. The number of ether oxygens (including phenoxy) is 1. The Morgan fingerprint density at radius 3 is 2.80 bits per heavy atom. The zero-order valence-corrected chi connectivity index (χ0v) is 12.2. The largest absolute Gasteiger partial charge is 0.468 e. The fraction of sp³-hybridized carbons (Fsp3) is 0.667. The molecule has 1 aliphatic rings. The van der Waals surface area contributed by atoms with Crippen molar-refractivity contribution in [3.63, 3.8) is 0 Å². The molecule has 1 N–H and O–H groups in total. The first-order chi connectivity index (χ1) is 9.58. The molecule has 0 aromatic rings. The number of esters is 1. The van der Waals surface area contributed by atoms with Gasteiger partial charge in [-0.05, 0) is 25.2 Å². The molecule has 0 heterocycles. The molecule has 0 aromatic heterocycles. The SMILES string of the molecule is CC/C=C\CC1C(=O)CCC1CC(=O)NCC(=O)OC. The van der Waals surface area contributed by atoms with Gasteiger partial charge in [-0.15, -0.1) is 0 Å². The van der Waals surface area contributed by atoms with Crippen LogP contribution in [0.4, 0.5) is 0 Å². The predicted octanol–water partition coefficient (Wildman–Crippen LogP) is 1.62. The van der Waals surface area contributed by atoms with Crippen molar-refractivity contribution in [2.45, 2.75) is 39.0 Å². The molecule has 1 rings (SSSR count). The topological polar surface area (TPSA) is 72.5 Å². The summed E-state index contributed by atoms with van der Waals surface area (Å²) in [7, 11) is 1.28. The third kappa shape index (κ3) is 5.15. The third-order valence-corrected chi connectivity index (χ3v) is 3.64. The minimum absolute atomic E-state index is 0.0540. The fourth-order valence-electron chi connectivity index (χ4n) is 2.51. The highest BCUT2D eigenvalue weighted by atomic mass is 16.5. The van der Waals surface area contributed by atoms with E-state index in [1.807, 2.05) is 19.1 Å². The van der Waals surface area contributed by atoms with E-state index in [0.29, 0.717) is 19.3 Å². The van der Waals surface area contributed by atoms with Crippen LogP contribution in [-0.4, -0.2) is 31.3 Å². The summed E-state index contributed by atoms with van der Waals surface area (Å²) in [5, 5.41) is 2.52. The second-order valence-electron chi connectivity index (χ2n) is 5.04. The van der Waals surface area contributed by atoms with E-state index in [-0.39, 0.29) is 30.1 Å². The summed E-state index contributed by atoms with van der Waals surface area (Å²) in [5.74, 6) is -0.386. The standard InChI is InChI=1S/C15H23NO4/c1-3-4-5-6-12-11(7-8-13(12)17)9-14(18)16-10-15(19)20-2/h4-5,11-12H,3,6-10H2,1-2H3,(H,16,18)/b5-4-. The highest BCUT2D eigenvalue weighted by Crippen LogP contribution is 2.34. The minimum Gasteiger partial charge on any atom is -0.468 e. The maximum Gasteiger partial charge on any atom is 0.325 e. The van der Waals surface area contributed by atoms with Crippen molar-refractivity contribution in [3.8, 4) is 0 Å². The first-order valence-corrected chi connectivity index (χ1v) is 7.09. The Balaban J connectivity index is 2.44. The molecule has 0 aliphatic heterocycles. The lowest BCUT2D eigenvalue weighted by molar-refractivity contribution is -0.141. The van der Waals surface area contributed by atoms with Gasteiger partial charge in [0.1, 0.15) is 12.3 Å². The second kappa shape index (κ2) is 8.51. The molecule has 1 amide bonds. The number of rotatable bonds is 7. The lowest BCUT2D eigenvalue weighted by Crippen LogP contribution is -2.32. The molecule has 2 atom stereocenters. The van der Waals surface area contributed by atoms with Crippen LogP contribution in [0.3, 0.4) is 0 Å². The Labute approximate surface area is 119 Å². The molecule has 112 valence electrons. The van der Waals surface area contributed by atoms with E-state index in [0.717, 1.165) is 12.8 Å². The molecule has 0 radical (unpaired) electrons. The van der Waals surface area contributed by atoms with Crippen LogP contribution >= 0.6 is 0 Å². The maximum atomic E-state index is 11.8. The van der Waals surface area contributed by atoms with E-state index in [1.165, 1.54) is 7.11 Å². The Bertz CT molecular complexity index is 389. The quantitative estimate of drug-likeness (QED) is 0.568. The van der Waals surface area contributed by atoms with Crippen LogP contribution in [0.5, 0.6) is 0 Å². The predicted molar refractivity (Wildman–Crippen MR) is 74.9 cm³/mol. The first kappa shape index (κ1) is 16.4. The molecule has 0 bridgehead atoms. The van der Waals surface area contributed by atoms with Gasteiger partial charge in [0.05, 0.1) is 7.11 Å². The van der Waals surface area contributed by atoms with Crippen LogP contribution < -0.4 is 5.32 Å². The van der Waals surface area contributed by atoms with E-state index < -0.39 is 5.97 Å². The second-order valence-corrected chi connectivity index (χ2v) is 5.04. The van der Waals surface area contributed by atoms with E-state index in [9.17, 15) is 14.4 Å². The summed E-state index contributed by atoms with van der Waals surface area (Å²) in [6, 6.07) is 0. The van der Waals surface area contributed by atoms with Crippen LogP contribution in [0.1, 0.15) is 39.0 Å². The van der Waals surface area contributed by atoms with Crippen LogP contribution in [0.25, 0.3) is 0 Å². The van der Waals surface area contributed by atoms with Gasteiger partial charge in [0, 0.05) is 18.8 Å². The first-order valence-electron chi connectivity index (χ1n) is 7.09. The molecule has 1 aliphatic carbocycles. The molecule has 1 saturated carbocycles. The van der Waals surface area contributed by atoms with Gasteiger partial charge in [0.15, 0.2) is 0 Å². The highest BCUT2D eigenvalue weighted by molar-refractivity contribution is 5.86. The monoisotopic (exact) mass is 281 g/mol. The number of nitrogens with one attached hydrogen (secondary N) is 1. The van der Waals surface area contributed by atoms with Crippen LogP contribution in [-0.2, 0) is 19.1 Å². The smallest absolute Gasteiger partial charge is 0.325 e. The summed E-state index contributed by atoms with van der Waals surface area (Å²) in [5.41, 5.74) is 0. The van der Waals surface area contributed by atoms with Crippen molar-refractivity contribution >= 4 is 17.7 Å². The van der Waals surface area contributed by atoms with Gasteiger partial charge in [-0.25, -0.2) is 0 Å². The van der Waals surface area contributed by atoms with Gasteiger partial charge in [-0.1, -0.05) is 19.1 Å². The van der Waals surface area contributed by atoms with Crippen LogP contribution in [0.15, 0.2) is 12.2 Å². The fourth-order valence-corrected chi connectivity index (χ4v) is 2.51. The molecule has 0 spiro atoms. The average molecular weight is 281 g/mol. The van der Waals surface area contributed by atoms with Crippen molar-refractivity contribution in [1.29, 1.82) is 0 Å². The van der Waals surface area contributed by atoms with Gasteiger partial charge in [-0.2, -0.15) is 0 Å². The van der Waals surface area contributed by atoms with E-state index >= 15 is 0 Å². The number of hydrogen-bond acceptors (Lipinski definition) is 4. The van der Waals surface area contributed by atoms with Crippen LogP contribution in [0.2, 0.25) is 0 Å². The van der Waals surface area contributed by atoms with Gasteiger partial charge in [0.2, 0.25) is 5.91 Å². The van der Waals surface area contributed by atoms with E-state index in [1.54, 1.807) is 0 Å². The van der Waals surface area contributed by atoms with Crippen molar-refractivity contribution in [2.75, 3.05) is 13.7 Å². The number of Topliss-reactive ketones (excluding diaryl/α,β-unsaturated/α-hetero) is 1. The zero-order chi connectivity index (χ0) is 15.0. The summed E-state index contributed by atoms with van der Waals surface area (Å²) in [4.78, 5) is 34.5. The Morgan fingerprint density at radius 1 is 1.40 bits per heavy atom. The van der Waals surface area contributed by atoms with Crippen molar-refractivity contribution in [3.05, 3.63) is 12.2 Å². The van der Waals surface area contributed by atoms with Gasteiger partial charge in [-0.3, -0.25) is 14.4 Å². The van der Waals surface area contributed by atoms with E-state index in [2.05, 4.69) is 10.1 Å². The Hall–Kier alpha value is -1.65. The number of ketones is 1. The Morgan fingerprint density at radius 2 is 2.15 bits per heavy atom. The normalized spacial score (nSPS) is 22.2. The number of amides is 1. The number of hydrogen-bond donors (Lipinski definition) is 1. The molecule has 20 heavy (non-hydrogen) atoms. The Kier molecular flexibility index (Phi) is 6.98. The van der Waals surface area contributed by atoms with Gasteiger partial charge < -0.3 is 10.1 Å². The molecule has 5 nitrogen and oxygen atoms in total. The molecule has 5 heteroatoms. The average Bonchev–Trinajstić information content (AvgIpc) is 2.77. The minimum atomic E-state index is -0.469. The van der Waals surface area contributed by atoms with E-state index in [4.69, 9.17) is 0 Å². The van der Waals surface area contributed by atoms with Crippen LogP contribution in [0, 0.1) is 11.8 Å². The number of methoxy groups -OCH3 is 1. The summed E-state index contributed by atoms with van der Waals surface area (Å²) >= 11 is 0. The highest BCUT2D eigenvalue weighted by Gasteiger charge is 2.34. The third-order valence-electron chi connectivity index (χ3n) is 3.64. The van der Waals surface area contributed by atoms with Gasteiger partial charge in [0.25, 0.3) is 0 Å². The van der Waals surface area contributed by atoms with Gasteiger partial charge >= 0.3 is 5.97 Å². The summed E-state index contributed by atoms with van der Waals surface area (Å²) in [6.07, 6.45) is 7.34. The molecule has 0 aromatic carbocycles. The van der Waals surface area contributed by atoms with Crippen molar-refractivity contribution < 1.29 is 19.1 Å². The summed E-state index contributed by atoms with van der Waals surface area (Å²) in [6.45, 7) is 1.93. The maximum absolute atomic E-state index is 11.8. The van der Waals surface area contributed by atoms with Crippen molar-refractivity contribution in [1.82, 2.24) is 5.32 Å².